The van der Waals surface area contributed by atoms with Crippen molar-refractivity contribution < 1.29 is 4.39 Å². The number of nitrogens with zero attached hydrogens (tertiary/aromatic N) is 2. The van der Waals surface area contributed by atoms with Crippen LogP contribution < -0.4 is 0 Å². The monoisotopic (exact) mass is 286 g/mol. The standard InChI is InChI=1S/C13H13Cl2FN2/c1-2-11(14)10-6-17-18(8-10)7-9-4-3-5-12(16)13(9)15/h3-6,8,11H,2,7H2,1H3. The summed E-state index contributed by atoms with van der Waals surface area (Å²) in [5.41, 5.74) is 1.67. The molecule has 1 atom stereocenters. The lowest BCUT2D eigenvalue weighted by Crippen LogP contribution is -2.01. The Balaban J connectivity index is 2.19. The van der Waals surface area contributed by atoms with Crippen LogP contribution >= 0.6 is 23.2 Å². The zero-order chi connectivity index (χ0) is 13.1. The molecule has 0 aliphatic rings. The minimum absolute atomic E-state index is 0.0401. The summed E-state index contributed by atoms with van der Waals surface area (Å²) >= 11 is 12.0. The van der Waals surface area contributed by atoms with Crippen molar-refractivity contribution >= 4 is 23.2 Å². The van der Waals surface area contributed by atoms with Crippen molar-refractivity contribution in [3.63, 3.8) is 0 Å². The van der Waals surface area contributed by atoms with Gasteiger partial charge in [-0.05, 0) is 18.1 Å². The summed E-state index contributed by atoms with van der Waals surface area (Å²) in [6.07, 6.45) is 4.44. The average Bonchev–Trinajstić information content (AvgIpc) is 2.82. The summed E-state index contributed by atoms with van der Waals surface area (Å²) in [5.74, 6) is -0.412. The highest BCUT2D eigenvalue weighted by molar-refractivity contribution is 6.31. The van der Waals surface area contributed by atoms with Gasteiger partial charge in [0, 0.05) is 11.8 Å². The van der Waals surface area contributed by atoms with E-state index in [0.717, 1.165) is 12.0 Å². The highest BCUT2D eigenvalue weighted by Crippen LogP contribution is 2.24. The summed E-state index contributed by atoms with van der Waals surface area (Å²) in [6.45, 7) is 2.45. The van der Waals surface area contributed by atoms with E-state index in [-0.39, 0.29) is 10.4 Å². The Hall–Kier alpha value is -1.06. The maximum atomic E-state index is 13.3. The molecule has 0 fully saturated rings. The first kappa shape index (κ1) is 13.4. The molecular weight excluding hydrogens is 274 g/mol. The number of benzene rings is 1. The summed E-state index contributed by atoms with van der Waals surface area (Å²) in [6, 6.07) is 4.76. The Kier molecular flexibility index (Phi) is 4.25. The molecule has 0 saturated carbocycles. The Bertz CT molecular complexity index is 540. The largest absolute Gasteiger partial charge is 0.268 e. The fourth-order valence-electron chi connectivity index (χ4n) is 1.71. The van der Waals surface area contributed by atoms with Crippen molar-refractivity contribution in [2.75, 3.05) is 0 Å². The van der Waals surface area contributed by atoms with Crippen LogP contribution in [0, 0.1) is 5.82 Å². The maximum absolute atomic E-state index is 13.3. The van der Waals surface area contributed by atoms with E-state index in [1.54, 1.807) is 23.0 Å². The minimum atomic E-state index is -0.412. The van der Waals surface area contributed by atoms with Gasteiger partial charge < -0.3 is 0 Å². The quantitative estimate of drug-likeness (QED) is 0.761. The van der Waals surface area contributed by atoms with E-state index >= 15 is 0 Å². The predicted molar refractivity (Wildman–Crippen MR) is 71.6 cm³/mol. The van der Waals surface area contributed by atoms with Crippen molar-refractivity contribution in [2.45, 2.75) is 25.3 Å². The van der Waals surface area contributed by atoms with Gasteiger partial charge in [0.05, 0.1) is 23.1 Å². The van der Waals surface area contributed by atoms with Gasteiger partial charge in [-0.3, -0.25) is 4.68 Å². The third-order valence-corrected chi connectivity index (χ3v) is 3.72. The van der Waals surface area contributed by atoms with Crippen LogP contribution in [0.25, 0.3) is 0 Å². The number of halogens is 3. The van der Waals surface area contributed by atoms with Crippen LogP contribution in [-0.4, -0.2) is 9.78 Å². The van der Waals surface area contributed by atoms with E-state index in [1.165, 1.54) is 6.07 Å². The van der Waals surface area contributed by atoms with E-state index < -0.39 is 5.82 Å². The Morgan fingerprint density at radius 3 is 2.94 bits per heavy atom. The van der Waals surface area contributed by atoms with Gasteiger partial charge in [-0.2, -0.15) is 5.10 Å². The number of rotatable bonds is 4. The van der Waals surface area contributed by atoms with E-state index in [1.807, 2.05) is 13.1 Å². The number of hydrogen-bond acceptors (Lipinski definition) is 1. The van der Waals surface area contributed by atoms with Gasteiger partial charge in [0.2, 0.25) is 0 Å². The molecule has 1 unspecified atom stereocenters. The first-order valence-corrected chi connectivity index (χ1v) is 6.52. The van der Waals surface area contributed by atoms with Crippen LogP contribution in [-0.2, 0) is 6.54 Å². The maximum Gasteiger partial charge on any atom is 0.142 e. The third kappa shape index (κ3) is 2.85. The van der Waals surface area contributed by atoms with Gasteiger partial charge in [0.1, 0.15) is 5.82 Å². The molecule has 2 nitrogen and oxygen atoms in total. The molecule has 0 radical (unpaired) electrons. The van der Waals surface area contributed by atoms with Crippen LogP contribution in [0.2, 0.25) is 5.02 Å². The van der Waals surface area contributed by atoms with E-state index in [9.17, 15) is 4.39 Å². The summed E-state index contributed by atoms with van der Waals surface area (Å²) < 4.78 is 15.0. The lowest BCUT2D eigenvalue weighted by Gasteiger charge is -2.05. The molecule has 2 rings (SSSR count). The molecule has 0 spiro atoms. The molecule has 0 N–H and O–H groups in total. The van der Waals surface area contributed by atoms with Crippen molar-refractivity contribution in [3.05, 3.63) is 52.6 Å². The number of hydrogen-bond donors (Lipinski definition) is 0. The molecular formula is C13H13Cl2FN2. The zero-order valence-corrected chi connectivity index (χ0v) is 11.4. The van der Waals surface area contributed by atoms with Crippen LogP contribution in [0.15, 0.2) is 30.6 Å². The van der Waals surface area contributed by atoms with Crippen molar-refractivity contribution in [1.82, 2.24) is 9.78 Å². The van der Waals surface area contributed by atoms with Gasteiger partial charge in [0.25, 0.3) is 0 Å². The molecule has 0 aliphatic carbocycles. The lowest BCUT2D eigenvalue weighted by atomic mass is 10.2. The Morgan fingerprint density at radius 2 is 2.22 bits per heavy atom. The fraction of sp³-hybridized carbons (Fsp3) is 0.308. The molecule has 1 aromatic heterocycles. The SMILES string of the molecule is CCC(Cl)c1cnn(Cc2cccc(F)c2Cl)c1. The number of alkyl halides is 1. The highest BCUT2D eigenvalue weighted by atomic mass is 35.5. The molecule has 0 bridgehead atoms. The van der Waals surface area contributed by atoms with Gasteiger partial charge in [-0.1, -0.05) is 30.7 Å². The molecule has 2 aromatic rings. The Morgan fingerprint density at radius 1 is 1.44 bits per heavy atom. The zero-order valence-electron chi connectivity index (χ0n) is 9.91. The molecule has 1 aromatic carbocycles. The van der Waals surface area contributed by atoms with Crippen molar-refractivity contribution in [3.8, 4) is 0 Å². The second kappa shape index (κ2) is 5.72. The molecule has 96 valence electrons. The second-order valence-electron chi connectivity index (χ2n) is 4.06. The summed E-state index contributed by atoms with van der Waals surface area (Å²) in [7, 11) is 0. The predicted octanol–water partition coefficient (Wildman–Crippen LogP) is 4.41. The van der Waals surface area contributed by atoms with E-state index in [0.29, 0.717) is 12.1 Å². The van der Waals surface area contributed by atoms with Gasteiger partial charge in [-0.25, -0.2) is 4.39 Å². The van der Waals surface area contributed by atoms with Gasteiger partial charge in [-0.15, -0.1) is 11.6 Å². The van der Waals surface area contributed by atoms with Crippen LogP contribution in [0.3, 0.4) is 0 Å². The Labute approximate surface area is 115 Å². The first-order chi connectivity index (χ1) is 8.61. The second-order valence-corrected chi connectivity index (χ2v) is 4.96. The van der Waals surface area contributed by atoms with Gasteiger partial charge >= 0.3 is 0 Å². The number of aromatic nitrogens is 2. The highest BCUT2D eigenvalue weighted by Gasteiger charge is 2.10. The summed E-state index contributed by atoms with van der Waals surface area (Å²) in [5, 5.41) is 4.31. The molecule has 18 heavy (non-hydrogen) atoms. The first-order valence-electron chi connectivity index (χ1n) is 5.71. The van der Waals surface area contributed by atoms with E-state index in [4.69, 9.17) is 23.2 Å². The molecule has 1 heterocycles. The molecule has 5 heteroatoms. The van der Waals surface area contributed by atoms with E-state index in [2.05, 4.69) is 5.10 Å². The van der Waals surface area contributed by atoms with Crippen LogP contribution in [0.1, 0.15) is 29.8 Å². The smallest absolute Gasteiger partial charge is 0.142 e. The minimum Gasteiger partial charge on any atom is -0.268 e. The van der Waals surface area contributed by atoms with Crippen molar-refractivity contribution in [1.29, 1.82) is 0 Å². The third-order valence-electron chi connectivity index (χ3n) is 2.74. The summed E-state index contributed by atoms with van der Waals surface area (Å²) in [4.78, 5) is 0. The van der Waals surface area contributed by atoms with Gasteiger partial charge in [0.15, 0.2) is 0 Å². The molecule has 0 saturated heterocycles. The fourth-order valence-corrected chi connectivity index (χ4v) is 2.01. The topological polar surface area (TPSA) is 17.8 Å². The van der Waals surface area contributed by atoms with Crippen LogP contribution in [0.4, 0.5) is 4.39 Å². The normalized spacial score (nSPS) is 12.7. The lowest BCUT2D eigenvalue weighted by molar-refractivity contribution is 0.619. The molecule has 0 amide bonds. The average molecular weight is 287 g/mol. The molecule has 0 aliphatic heterocycles. The van der Waals surface area contributed by atoms with Crippen LogP contribution in [0.5, 0.6) is 0 Å². The van der Waals surface area contributed by atoms with Crippen molar-refractivity contribution in [2.24, 2.45) is 0 Å².